The van der Waals surface area contributed by atoms with Crippen molar-refractivity contribution in [1.29, 1.82) is 0 Å². The van der Waals surface area contributed by atoms with Crippen LogP contribution in [0.15, 0.2) is 30.4 Å². The zero-order valence-corrected chi connectivity index (χ0v) is 10.6. The number of carbonyl (C=O) groups excluding carboxylic acids is 1. The topological polar surface area (TPSA) is 64.8 Å². The number of nitrogens with zero attached hydrogens (tertiary/aromatic N) is 1. The molecule has 0 saturated carbocycles. The van der Waals surface area contributed by atoms with Crippen LogP contribution >= 0.6 is 0 Å². The fourth-order valence-electron chi connectivity index (χ4n) is 1.75. The maximum absolute atomic E-state index is 12.2. The van der Waals surface area contributed by atoms with Gasteiger partial charge in [0.15, 0.2) is 5.75 Å². The molecule has 0 bridgehead atoms. The van der Waals surface area contributed by atoms with E-state index in [1.807, 2.05) is 12.2 Å². The summed E-state index contributed by atoms with van der Waals surface area (Å²) >= 11 is 0. The fourth-order valence-corrected chi connectivity index (χ4v) is 1.75. The van der Waals surface area contributed by atoms with Crippen LogP contribution in [0.4, 0.5) is 19.3 Å². The van der Waals surface area contributed by atoms with Crippen molar-refractivity contribution in [3.05, 3.63) is 30.4 Å². The number of nitrogen functional groups attached to an aromatic ring is 1. The molecular weight excluding hydrogens is 270 g/mol. The Morgan fingerprint density at radius 1 is 1.35 bits per heavy atom. The summed E-state index contributed by atoms with van der Waals surface area (Å²) in [5, 5.41) is 0. The van der Waals surface area contributed by atoms with Crippen LogP contribution in [0.25, 0.3) is 0 Å². The van der Waals surface area contributed by atoms with Gasteiger partial charge in [-0.05, 0) is 18.6 Å². The van der Waals surface area contributed by atoms with Gasteiger partial charge in [0.2, 0.25) is 0 Å². The molecule has 0 aliphatic carbocycles. The van der Waals surface area contributed by atoms with Crippen molar-refractivity contribution in [2.45, 2.75) is 13.0 Å². The first-order valence-electron chi connectivity index (χ1n) is 6.02. The Morgan fingerprint density at radius 3 is 2.80 bits per heavy atom. The number of amides is 1. The summed E-state index contributed by atoms with van der Waals surface area (Å²) in [4.78, 5) is 13.3. The number of halogens is 2. The maximum atomic E-state index is 12.2. The number of benzene rings is 1. The minimum atomic E-state index is -2.99. The molecule has 0 spiro atoms. The summed E-state index contributed by atoms with van der Waals surface area (Å²) in [5.74, 6) is -0.113. The average molecular weight is 284 g/mol. The monoisotopic (exact) mass is 284 g/mol. The summed E-state index contributed by atoms with van der Waals surface area (Å²) in [6, 6.07) is 3.93. The molecule has 1 aliphatic rings. The number of ether oxygens (including phenoxy) is 2. The lowest BCUT2D eigenvalue weighted by Gasteiger charge is -2.22. The van der Waals surface area contributed by atoms with E-state index < -0.39 is 12.7 Å². The lowest BCUT2D eigenvalue weighted by molar-refractivity contribution is -0.0493. The lowest BCUT2D eigenvalue weighted by atomic mass is 10.2. The molecule has 5 nitrogen and oxygen atoms in total. The summed E-state index contributed by atoms with van der Waals surface area (Å²) in [7, 11) is 0. The summed E-state index contributed by atoms with van der Waals surface area (Å²) in [6.07, 6.45) is 4.05. The molecule has 7 heteroatoms. The van der Waals surface area contributed by atoms with Gasteiger partial charge in [0.25, 0.3) is 0 Å². The Kier molecular flexibility index (Phi) is 4.39. The van der Waals surface area contributed by atoms with E-state index in [1.54, 1.807) is 0 Å². The van der Waals surface area contributed by atoms with Crippen LogP contribution in [0.3, 0.4) is 0 Å². The van der Waals surface area contributed by atoms with E-state index in [4.69, 9.17) is 10.5 Å². The molecule has 108 valence electrons. The highest BCUT2D eigenvalue weighted by Gasteiger charge is 2.17. The van der Waals surface area contributed by atoms with Crippen molar-refractivity contribution in [2.75, 3.05) is 18.8 Å². The molecule has 1 aromatic rings. The van der Waals surface area contributed by atoms with Crippen molar-refractivity contribution in [3.8, 4) is 11.5 Å². The van der Waals surface area contributed by atoms with Crippen LogP contribution in [0, 0.1) is 0 Å². The number of rotatable bonds is 3. The first-order chi connectivity index (χ1) is 9.56. The molecule has 1 heterocycles. The van der Waals surface area contributed by atoms with Gasteiger partial charge in [0, 0.05) is 19.2 Å². The highest BCUT2D eigenvalue weighted by atomic mass is 19.3. The van der Waals surface area contributed by atoms with Crippen LogP contribution in [-0.4, -0.2) is 30.7 Å². The molecule has 0 aromatic heterocycles. The largest absolute Gasteiger partial charge is 0.432 e. The van der Waals surface area contributed by atoms with Crippen molar-refractivity contribution in [3.63, 3.8) is 0 Å². The number of hydrogen-bond acceptors (Lipinski definition) is 4. The number of alkyl halides is 2. The van der Waals surface area contributed by atoms with Crippen LogP contribution < -0.4 is 15.2 Å². The predicted octanol–water partition coefficient (Wildman–Crippen LogP) is 2.63. The predicted molar refractivity (Wildman–Crippen MR) is 68.8 cm³/mol. The minimum Gasteiger partial charge on any atom is -0.432 e. The second kappa shape index (κ2) is 6.23. The van der Waals surface area contributed by atoms with E-state index >= 15 is 0 Å². The van der Waals surface area contributed by atoms with E-state index in [9.17, 15) is 13.6 Å². The Balaban J connectivity index is 2.05. The van der Waals surface area contributed by atoms with Gasteiger partial charge in [-0.3, -0.25) is 0 Å². The van der Waals surface area contributed by atoms with Gasteiger partial charge in [-0.15, -0.1) is 0 Å². The van der Waals surface area contributed by atoms with Crippen molar-refractivity contribution < 1.29 is 23.0 Å². The molecule has 1 aliphatic heterocycles. The number of hydrogen-bond donors (Lipinski definition) is 1. The van der Waals surface area contributed by atoms with E-state index in [0.717, 1.165) is 6.42 Å². The molecule has 0 radical (unpaired) electrons. The number of carbonyl (C=O) groups is 1. The molecule has 2 N–H and O–H groups in total. The summed E-state index contributed by atoms with van der Waals surface area (Å²) in [5.41, 5.74) is 5.54. The SMILES string of the molecule is Nc1ccc(OC(=O)N2CC=CCC2)cc1OC(F)F. The van der Waals surface area contributed by atoms with E-state index in [1.165, 1.54) is 23.1 Å². The normalized spacial score (nSPS) is 14.4. The second-order valence-electron chi connectivity index (χ2n) is 4.15. The molecule has 0 saturated heterocycles. The summed E-state index contributed by atoms with van der Waals surface area (Å²) < 4.78 is 33.7. The maximum Gasteiger partial charge on any atom is 0.415 e. The van der Waals surface area contributed by atoms with Gasteiger partial charge >= 0.3 is 12.7 Å². The number of anilines is 1. The smallest absolute Gasteiger partial charge is 0.415 e. The second-order valence-corrected chi connectivity index (χ2v) is 4.15. The highest BCUT2D eigenvalue weighted by molar-refractivity contribution is 5.72. The van der Waals surface area contributed by atoms with Crippen LogP contribution in [0.2, 0.25) is 0 Å². The minimum absolute atomic E-state index is 0.0472. The first-order valence-corrected chi connectivity index (χ1v) is 6.02. The van der Waals surface area contributed by atoms with Crippen molar-refractivity contribution in [2.24, 2.45) is 0 Å². The quantitative estimate of drug-likeness (QED) is 0.684. The van der Waals surface area contributed by atoms with Gasteiger partial charge in [-0.2, -0.15) is 8.78 Å². The van der Waals surface area contributed by atoms with Gasteiger partial charge < -0.3 is 20.1 Å². The lowest BCUT2D eigenvalue weighted by Crippen LogP contribution is -2.35. The van der Waals surface area contributed by atoms with Crippen LogP contribution in [-0.2, 0) is 0 Å². The molecule has 1 aromatic carbocycles. The van der Waals surface area contributed by atoms with Crippen molar-refractivity contribution in [1.82, 2.24) is 4.90 Å². The van der Waals surface area contributed by atoms with Gasteiger partial charge in [0.1, 0.15) is 5.75 Å². The van der Waals surface area contributed by atoms with E-state index in [0.29, 0.717) is 13.1 Å². The molecule has 0 unspecified atom stereocenters. The third kappa shape index (κ3) is 3.59. The van der Waals surface area contributed by atoms with Crippen LogP contribution in [0.1, 0.15) is 6.42 Å². The zero-order valence-electron chi connectivity index (χ0n) is 10.6. The molecule has 1 amide bonds. The Labute approximate surface area is 114 Å². The molecular formula is C13H14F2N2O3. The van der Waals surface area contributed by atoms with E-state index in [-0.39, 0.29) is 17.2 Å². The average Bonchev–Trinajstić information content (AvgIpc) is 2.43. The Hall–Kier alpha value is -2.31. The summed E-state index contributed by atoms with van der Waals surface area (Å²) in [6.45, 7) is -1.96. The number of nitrogens with two attached hydrogens (primary N) is 1. The van der Waals surface area contributed by atoms with Gasteiger partial charge in [0.05, 0.1) is 5.69 Å². The molecule has 0 atom stereocenters. The fraction of sp³-hybridized carbons (Fsp3) is 0.308. The highest BCUT2D eigenvalue weighted by Crippen LogP contribution is 2.28. The van der Waals surface area contributed by atoms with E-state index in [2.05, 4.69) is 4.74 Å². The first kappa shape index (κ1) is 14.1. The standard InChI is InChI=1S/C13H14F2N2O3/c14-12(15)20-11-8-9(4-5-10(11)16)19-13(18)17-6-2-1-3-7-17/h1-2,4-5,8,12H,3,6-7,16H2. The van der Waals surface area contributed by atoms with Gasteiger partial charge in [-0.1, -0.05) is 12.2 Å². The third-order valence-corrected chi connectivity index (χ3v) is 2.72. The Morgan fingerprint density at radius 2 is 2.15 bits per heavy atom. The van der Waals surface area contributed by atoms with Crippen LogP contribution in [0.5, 0.6) is 11.5 Å². The van der Waals surface area contributed by atoms with Gasteiger partial charge in [-0.25, -0.2) is 4.79 Å². The zero-order chi connectivity index (χ0) is 14.5. The van der Waals surface area contributed by atoms with Crippen molar-refractivity contribution >= 4 is 11.8 Å². The molecule has 20 heavy (non-hydrogen) atoms. The molecule has 2 rings (SSSR count). The third-order valence-electron chi connectivity index (χ3n) is 2.72. The molecule has 0 fully saturated rings. The Bertz CT molecular complexity index is 520.